The van der Waals surface area contributed by atoms with Crippen molar-refractivity contribution < 1.29 is 14.4 Å². The highest BCUT2D eigenvalue weighted by Crippen LogP contribution is 2.58. The van der Waals surface area contributed by atoms with E-state index in [4.69, 9.17) is 0 Å². The van der Waals surface area contributed by atoms with Gasteiger partial charge in [-0.05, 0) is 35.4 Å². The van der Waals surface area contributed by atoms with Crippen LogP contribution in [0.25, 0.3) is 6.08 Å². The Hall–Kier alpha value is -4.29. The second-order valence-electron chi connectivity index (χ2n) is 10.2. The van der Waals surface area contributed by atoms with Gasteiger partial charge in [0, 0.05) is 27.0 Å². The van der Waals surface area contributed by atoms with Crippen molar-refractivity contribution in [3.05, 3.63) is 136 Å². The third-order valence-electron chi connectivity index (χ3n) is 8.28. The number of para-hydroxylation sites is 2. The first kappa shape index (κ1) is 23.8. The molecule has 0 aliphatic carbocycles. The van der Waals surface area contributed by atoms with Crippen LogP contribution in [0.3, 0.4) is 0 Å². The number of nitrogens with zero attached hydrogens (tertiary/aromatic N) is 1. The average molecular weight is 575 g/mol. The number of ketones is 2. The van der Waals surface area contributed by atoms with Crippen LogP contribution >= 0.6 is 15.9 Å². The lowest BCUT2D eigenvalue weighted by atomic mass is 9.64. The van der Waals surface area contributed by atoms with Crippen molar-refractivity contribution in [3.8, 4) is 0 Å². The summed E-state index contributed by atoms with van der Waals surface area (Å²) in [6.07, 6.45) is 3.99. The first-order valence-corrected chi connectivity index (χ1v) is 13.7. The lowest BCUT2D eigenvalue weighted by Gasteiger charge is -2.37. The van der Waals surface area contributed by atoms with Gasteiger partial charge in [-0.1, -0.05) is 107 Å². The Bertz CT molecular complexity index is 1680. The number of fused-ring (bicyclic) bond motifs is 6. The molecule has 1 fully saturated rings. The summed E-state index contributed by atoms with van der Waals surface area (Å²) >= 11 is 3.46. The molecule has 6 heteroatoms. The van der Waals surface area contributed by atoms with Gasteiger partial charge in [0.05, 0.1) is 12.0 Å². The van der Waals surface area contributed by atoms with Gasteiger partial charge in [0.2, 0.25) is 5.91 Å². The highest BCUT2D eigenvalue weighted by molar-refractivity contribution is 9.10. The van der Waals surface area contributed by atoms with Crippen molar-refractivity contribution in [2.45, 2.75) is 17.5 Å². The highest BCUT2D eigenvalue weighted by atomic mass is 79.9. The molecule has 0 aromatic heterocycles. The van der Waals surface area contributed by atoms with Crippen molar-refractivity contribution in [2.24, 2.45) is 5.92 Å². The summed E-state index contributed by atoms with van der Waals surface area (Å²) in [6, 6.07) is 30.1. The summed E-state index contributed by atoms with van der Waals surface area (Å²) in [4.78, 5) is 45.5. The van der Waals surface area contributed by atoms with E-state index < -0.39 is 23.4 Å². The zero-order valence-electron chi connectivity index (χ0n) is 20.8. The van der Waals surface area contributed by atoms with E-state index in [1.807, 2.05) is 95.9 Å². The van der Waals surface area contributed by atoms with Crippen molar-refractivity contribution in [1.82, 2.24) is 0 Å². The van der Waals surface area contributed by atoms with Crippen LogP contribution in [-0.2, 0) is 10.2 Å². The number of Topliss-reactive ketones (excluding diaryl/α,β-unsaturated/α-hetero) is 2. The summed E-state index contributed by atoms with van der Waals surface area (Å²) in [5.41, 5.74) is 2.86. The molecule has 4 aromatic rings. The maximum atomic E-state index is 14.7. The molecule has 5 nitrogen and oxygen atoms in total. The molecule has 0 saturated carbocycles. The average Bonchev–Trinajstić information content (AvgIpc) is 3.45. The van der Waals surface area contributed by atoms with Crippen LogP contribution in [0.15, 0.2) is 114 Å². The third kappa shape index (κ3) is 3.34. The predicted octanol–water partition coefficient (Wildman–Crippen LogP) is 6.31. The molecule has 1 spiro atoms. The van der Waals surface area contributed by atoms with Crippen LogP contribution in [-0.4, -0.2) is 29.6 Å². The Morgan fingerprint density at radius 1 is 0.769 bits per heavy atom. The predicted molar refractivity (Wildman–Crippen MR) is 155 cm³/mol. The number of amides is 1. The third-order valence-corrected chi connectivity index (χ3v) is 8.81. The molecule has 3 aliphatic rings. The largest absolute Gasteiger partial charge is 0.352 e. The highest BCUT2D eigenvalue weighted by Gasteiger charge is 2.70. The van der Waals surface area contributed by atoms with Crippen LogP contribution in [0.2, 0.25) is 0 Å². The molecule has 4 atom stereocenters. The van der Waals surface area contributed by atoms with Crippen LogP contribution in [0.4, 0.5) is 11.4 Å². The molecule has 7 rings (SSSR count). The smallest absolute Gasteiger partial charge is 0.238 e. The number of anilines is 2. The Labute approximate surface area is 234 Å². The van der Waals surface area contributed by atoms with Gasteiger partial charge in [-0.2, -0.15) is 0 Å². The number of rotatable bonds is 4. The van der Waals surface area contributed by atoms with Crippen molar-refractivity contribution in [3.63, 3.8) is 0 Å². The molecule has 4 aromatic carbocycles. The molecule has 3 heterocycles. The zero-order valence-corrected chi connectivity index (χ0v) is 22.3. The van der Waals surface area contributed by atoms with Crippen LogP contribution < -0.4 is 10.2 Å². The van der Waals surface area contributed by atoms with Gasteiger partial charge in [-0.25, -0.2) is 0 Å². The first-order chi connectivity index (χ1) is 19.0. The molecular formula is C33H23BrN2O3. The van der Waals surface area contributed by atoms with Crippen molar-refractivity contribution in [2.75, 3.05) is 10.2 Å². The molecule has 0 unspecified atom stereocenters. The van der Waals surface area contributed by atoms with E-state index in [0.717, 1.165) is 21.3 Å². The number of nitrogens with one attached hydrogen (secondary N) is 1. The van der Waals surface area contributed by atoms with Crippen molar-refractivity contribution in [1.29, 1.82) is 0 Å². The van der Waals surface area contributed by atoms with E-state index in [-0.39, 0.29) is 17.5 Å². The topological polar surface area (TPSA) is 66.5 Å². The summed E-state index contributed by atoms with van der Waals surface area (Å²) < 4.78 is 0.843. The second kappa shape index (κ2) is 8.89. The van der Waals surface area contributed by atoms with E-state index >= 15 is 0 Å². The molecule has 1 saturated heterocycles. The fraction of sp³-hybridized carbons (Fsp3) is 0.121. The first-order valence-electron chi connectivity index (χ1n) is 12.9. The number of carbonyl (C=O) groups excluding carboxylic acids is 3. The maximum Gasteiger partial charge on any atom is 0.238 e. The normalized spacial score (nSPS) is 24.2. The second-order valence-corrected chi connectivity index (χ2v) is 11.1. The van der Waals surface area contributed by atoms with Gasteiger partial charge >= 0.3 is 0 Å². The molecule has 1 amide bonds. The van der Waals surface area contributed by atoms with Gasteiger partial charge in [0.15, 0.2) is 11.6 Å². The van der Waals surface area contributed by atoms with Gasteiger partial charge < -0.3 is 10.2 Å². The quantitative estimate of drug-likeness (QED) is 0.290. The van der Waals surface area contributed by atoms with Gasteiger partial charge in [0.25, 0.3) is 0 Å². The summed E-state index contributed by atoms with van der Waals surface area (Å²) in [6.45, 7) is 0. The molecule has 1 N–H and O–H groups in total. The lowest BCUT2D eigenvalue weighted by Crippen LogP contribution is -2.51. The molecule has 3 aliphatic heterocycles. The molecule has 0 bridgehead atoms. The van der Waals surface area contributed by atoms with E-state index in [2.05, 4.69) is 21.2 Å². The number of carbonyl (C=O) groups is 3. The SMILES string of the molecule is O=C(c1ccccc1)[C@@H]1[C@H](C(=O)c2ccc(Br)cc2)[C@]2(C(=O)Nc3ccccc32)[C@@H]2C=Cc3ccccc3N12. The Morgan fingerprint density at radius 2 is 1.44 bits per heavy atom. The van der Waals surface area contributed by atoms with Crippen LogP contribution in [0.5, 0.6) is 0 Å². The fourth-order valence-corrected chi connectivity index (χ4v) is 6.95. The summed E-state index contributed by atoms with van der Waals surface area (Å²) in [5.74, 6) is -1.66. The monoisotopic (exact) mass is 574 g/mol. The number of halogens is 1. The van der Waals surface area contributed by atoms with Crippen LogP contribution in [0, 0.1) is 5.92 Å². The Kier molecular flexibility index (Phi) is 5.42. The molecule has 39 heavy (non-hydrogen) atoms. The number of benzene rings is 4. The summed E-state index contributed by atoms with van der Waals surface area (Å²) in [7, 11) is 0. The standard InChI is InChI=1S/C33H23BrN2O3/c34-23-17-14-22(15-18-23)30(37)28-29(31(38)21-9-2-1-3-10-21)36-26-13-7-4-8-20(26)16-19-27(36)33(28)24-11-5-6-12-25(24)35-32(33)39/h1-19,27-29H,(H,35,39)/t27-,28+,29-,33+/m0/s1. The molecular weight excluding hydrogens is 552 g/mol. The molecule has 0 radical (unpaired) electrons. The maximum absolute atomic E-state index is 14.7. The van der Waals surface area contributed by atoms with E-state index in [1.54, 1.807) is 24.3 Å². The van der Waals surface area contributed by atoms with E-state index in [1.165, 1.54) is 0 Å². The number of hydrogen-bond donors (Lipinski definition) is 1. The van der Waals surface area contributed by atoms with Gasteiger partial charge in [-0.15, -0.1) is 0 Å². The fourth-order valence-electron chi connectivity index (χ4n) is 6.69. The minimum atomic E-state index is -1.31. The van der Waals surface area contributed by atoms with E-state index in [0.29, 0.717) is 16.8 Å². The zero-order chi connectivity index (χ0) is 26.7. The number of hydrogen-bond acceptors (Lipinski definition) is 4. The van der Waals surface area contributed by atoms with E-state index in [9.17, 15) is 14.4 Å². The van der Waals surface area contributed by atoms with Crippen molar-refractivity contribution >= 4 is 50.9 Å². The van der Waals surface area contributed by atoms with Crippen LogP contribution in [0.1, 0.15) is 31.8 Å². The lowest BCUT2D eigenvalue weighted by molar-refractivity contribution is -0.121. The van der Waals surface area contributed by atoms with Gasteiger partial charge in [0.1, 0.15) is 11.5 Å². The van der Waals surface area contributed by atoms with Gasteiger partial charge in [-0.3, -0.25) is 14.4 Å². The Balaban J connectivity index is 1.54. The molecule has 190 valence electrons. The Morgan fingerprint density at radius 3 is 2.23 bits per heavy atom. The minimum absolute atomic E-state index is 0.185. The minimum Gasteiger partial charge on any atom is -0.352 e. The summed E-state index contributed by atoms with van der Waals surface area (Å²) in [5, 5.41) is 3.06.